The Hall–Kier alpha value is -2.86. The van der Waals surface area contributed by atoms with E-state index >= 15 is 0 Å². The van der Waals surface area contributed by atoms with Crippen molar-refractivity contribution in [2.45, 2.75) is 32.1 Å². The van der Waals surface area contributed by atoms with Crippen LogP contribution in [0.3, 0.4) is 0 Å². The number of hydrogen-bond acceptors (Lipinski definition) is 9. The van der Waals surface area contributed by atoms with Gasteiger partial charge in [-0.3, -0.25) is 9.78 Å². The second kappa shape index (κ2) is 9.52. The van der Waals surface area contributed by atoms with Crippen molar-refractivity contribution in [3.05, 3.63) is 38.5 Å². The van der Waals surface area contributed by atoms with E-state index in [1.54, 1.807) is 4.57 Å². The Morgan fingerprint density at radius 1 is 1.19 bits per heavy atom. The molecule has 0 fully saturated rings. The minimum Gasteiger partial charge on any atom is -0.394 e. The van der Waals surface area contributed by atoms with E-state index < -0.39 is 30.1 Å². The Morgan fingerprint density at radius 2 is 1.94 bits per heavy atom. The summed E-state index contributed by atoms with van der Waals surface area (Å²) in [5.74, 6) is 0.0926. The van der Waals surface area contributed by atoms with Crippen molar-refractivity contribution in [1.29, 1.82) is 0 Å². The predicted octanol–water partition coefficient (Wildman–Crippen LogP) is -1.03. The van der Waals surface area contributed by atoms with Crippen molar-refractivity contribution in [2.24, 2.45) is 0 Å². The maximum absolute atomic E-state index is 12.3. The second-order valence-corrected chi connectivity index (χ2v) is 7.80. The van der Waals surface area contributed by atoms with Gasteiger partial charge in [-0.05, 0) is 45.1 Å². The largest absolute Gasteiger partial charge is 0.394 e. The lowest BCUT2D eigenvalue weighted by molar-refractivity contribution is -0.0191. The van der Waals surface area contributed by atoms with Gasteiger partial charge in [0.25, 0.3) is 5.56 Å². The van der Waals surface area contributed by atoms with E-state index in [2.05, 4.69) is 25.2 Å². The number of rotatable bonds is 9. The van der Waals surface area contributed by atoms with Crippen LogP contribution >= 0.6 is 0 Å². The molecule has 3 rings (SSSR count). The first kappa shape index (κ1) is 22.8. The number of H-pyrrole nitrogens is 1. The fraction of sp³-hybridized carbons (Fsp3) is 0.500. The van der Waals surface area contributed by atoms with E-state index in [0.717, 1.165) is 17.8 Å². The normalized spacial score (nSPS) is 13.8. The summed E-state index contributed by atoms with van der Waals surface area (Å²) in [5, 5.41) is 32.2. The highest BCUT2D eigenvalue weighted by molar-refractivity contribution is 5.84. The van der Waals surface area contributed by atoms with Gasteiger partial charge < -0.3 is 30.1 Å². The molecule has 2 unspecified atom stereocenters. The standard InChI is InChI=1S/C20H28N6O5/c1-11-8-13-14(9-12(11)21-5-7-25(2)3)26(6-4-15(28)16(29)10-27)18-17(22-13)19(30)24-20(31)23-18/h8-9,15-16,21,27-29H,4-7,10H2,1-3H3,(H,24,30,31). The van der Waals surface area contributed by atoms with E-state index in [1.165, 1.54) is 0 Å². The molecule has 11 nitrogen and oxygen atoms in total. The lowest BCUT2D eigenvalue weighted by Gasteiger charge is -2.21. The first-order chi connectivity index (χ1) is 14.7. The van der Waals surface area contributed by atoms with Crippen LogP contribution in [0.5, 0.6) is 0 Å². The van der Waals surface area contributed by atoms with Gasteiger partial charge in [-0.25, -0.2) is 9.78 Å². The zero-order valence-corrected chi connectivity index (χ0v) is 17.8. The van der Waals surface area contributed by atoms with Crippen molar-refractivity contribution in [2.75, 3.05) is 39.1 Å². The summed E-state index contributed by atoms with van der Waals surface area (Å²) in [7, 11) is 3.96. The molecule has 1 aromatic carbocycles. The average Bonchev–Trinajstić information content (AvgIpc) is 2.71. The number of aromatic amines is 1. The molecule has 5 N–H and O–H groups in total. The van der Waals surface area contributed by atoms with E-state index in [1.807, 2.05) is 33.2 Å². The zero-order valence-electron chi connectivity index (χ0n) is 17.8. The molecule has 0 amide bonds. The predicted molar refractivity (Wildman–Crippen MR) is 117 cm³/mol. The number of likely N-dealkylation sites (N-methyl/N-ethyl adjacent to an activating group) is 1. The summed E-state index contributed by atoms with van der Waals surface area (Å²) in [6, 6.07) is 3.71. The number of aromatic nitrogens is 4. The van der Waals surface area contributed by atoms with Crippen molar-refractivity contribution >= 4 is 16.7 Å². The molecule has 11 heteroatoms. The van der Waals surface area contributed by atoms with Gasteiger partial charge >= 0.3 is 5.69 Å². The number of benzene rings is 1. The average molecular weight is 432 g/mol. The number of nitrogens with zero attached hydrogens (tertiary/aromatic N) is 4. The molecule has 2 heterocycles. The summed E-state index contributed by atoms with van der Waals surface area (Å²) >= 11 is 0. The highest BCUT2D eigenvalue weighted by Crippen LogP contribution is 2.27. The first-order valence-corrected chi connectivity index (χ1v) is 10.0. The smallest absolute Gasteiger partial charge is 0.349 e. The van der Waals surface area contributed by atoms with Crippen LogP contribution < -0.4 is 16.6 Å². The number of fused-ring (bicyclic) bond motifs is 2. The fourth-order valence-electron chi connectivity index (χ4n) is 3.35. The maximum atomic E-state index is 12.3. The Kier molecular flexibility index (Phi) is 7.01. The van der Waals surface area contributed by atoms with Crippen molar-refractivity contribution in [3.63, 3.8) is 0 Å². The molecule has 0 spiro atoms. The van der Waals surface area contributed by atoms with Crippen LogP contribution in [0.1, 0.15) is 12.0 Å². The molecule has 0 aromatic heterocycles. The van der Waals surface area contributed by atoms with Crippen LogP contribution in [0, 0.1) is 6.92 Å². The van der Waals surface area contributed by atoms with Gasteiger partial charge in [-0.2, -0.15) is 4.98 Å². The number of aliphatic hydroxyl groups is 3. The van der Waals surface area contributed by atoms with Gasteiger partial charge in [0.1, 0.15) is 6.10 Å². The van der Waals surface area contributed by atoms with Crippen LogP contribution in [0.25, 0.3) is 22.6 Å². The van der Waals surface area contributed by atoms with Gasteiger partial charge in [-0.1, -0.05) is 0 Å². The van der Waals surface area contributed by atoms with Crippen molar-refractivity contribution in [1.82, 2.24) is 24.4 Å². The summed E-state index contributed by atoms with van der Waals surface area (Å²) in [5.41, 5.74) is 1.53. The number of aryl methyl sites for hydroxylation is 2. The van der Waals surface area contributed by atoms with Crippen molar-refractivity contribution in [3.8, 4) is 11.5 Å². The molecule has 2 atom stereocenters. The third kappa shape index (κ3) is 5.07. The molecule has 0 saturated carbocycles. The second-order valence-electron chi connectivity index (χ2n) is 7.80. The number of aliphatic hydroxyl groups excluding tert-OH is 3. The van der Waals surface area contributed by atoms with Gasteiger partial charge in [0.15, 0.2) is 11.5 Å². The molecule has 0 radical (unpaired) electrons. The molecule has 0 aliphatic carbocycles. The molecule has 1 aromatic rings. The molecule has 168 valence electrons. The first-order valence-electron chi connectivity index (χ1n) is 10.0. The summed E-state index contributed by atoms with van der Waals surface area (Å²) in [6.45, 7) is 3.03. The summed E-state index contributed by atoms with van der Waals surface area (Å²) < 4.78 is 1.64. The molecule has 2 aliphatic heterocycles. The number of hydrogen-bond donors (Lipinski definition) is 5. The monoisotopic (exact) mass is 432 g/mol. The van der Waals surface area contributed by atoms with Crippen LogP contribution in [0.4, 0.5) is 5.69 Å². The molecule has 2 aliphatic rings. The van der Waals surface area contributed by atoms with Crippen LogP contribution in [0.2, 0.25) is 0 Å². The van der Waals surface area contributed by atoms with Crippen molar-refractivity contribution < 1.29 is 15.3 Å². The van der Waals surface area contributed by atoms with E-state index in [4.69, 9.17) is 5.11 Å². The SMILES string of the molecule is Cc1cc2nc3c(=O)[nH]c(=O)nc-3n(CCC(O)C(O)CO)c2cc1NCCN(C)C. The van der Waals surface area contributed by atoms with Gasteiger partial charge in [0.05, 0.1) is 23.7 Å². The zero-order chi connectivity index (χ0) is 22.7. The lowest BCUT2D eigenvalue weighted by Crippen LogP contribution is -2.32. The molecule has 0 bridgehead atoms. The van der Waals surface area contributed by atoms with Gasteiger partial charge in [0, 0.05) is 25.3 Å². The molecule has 31 heavy (non-hydrogen) atoms. The summed E-state index contributed by atoms with van der Waals surface area (Å²) in [4.78, 5) is 36.7. The topological polar surface area (TPSA) is 157 Å². The minimum absolute atomic E-state index is 0.0111. The number of anilines is 1. The van der Waals surface area contributed by atoms with Gasteiger partial charge in [0.2, 0.25) is 0 Å². The summed E-state index contributed by atoms with van der Waals surface area (Å²) in [6.07, 6.45) is -2.41. The maximum Gasteiger partial charge on any atom is 0.349 e. The molecule has 0 saturated heterocycles. The third-order valence-electron chi connectivity index (χ3n) is 5.11. The van der Waals surface area contributed by atoms with Crippen LogP contribution in [0.15, 0.2) is 21.7 Å². The Balaban J connectivity index is 2.14. The Labute approximate surface area is 178 Å². The highest BCUT2D eigenvalue weighted by Gasteiger charge is 2.21. The Bertz CT molecular complexity index is 1140. The van der Waals surface area contributed by atoms with E-state index in [-0.39, 0.29) is 24.5 Å². The third-order valence-corrected chi connectivity index (χ3v) is 5.11. The van der Waals surface area contributed by atoms with Gasteiger partial charge in [-0.15, -0.1) is 0 Å². The quantitative estimate of drug-likeness (QED) is 0.267. The van der Waals surface area contributed by atoms with E-state index in [0.29, 0.717) is 17.6 Å². The molecular weight excluding hydrogens is 404 g/mol. The van der Waals surface area contributed by atoms with E-state index in [9.17, 15) is 19.8 Å². The lowest BCUT2D eigenvalue weighted by atomic mass is 10.1. The minimum atomic E-state index is -1.29. The number of nitrogens with one attached hydrogen (secondary N) is 2. The van der Waals surface area contributed by atoms with Crippen LogP contribution in [-0.4, -0.2) is 85.7 Å². The van der Waals surface area contributed by atoms with Crippen LogP contribution in [-0.2, 0) is 6.54 Å². The molecular formula is C20H28N6O5. The Morgan fingerprint density at radius 3 is 2.61 bits per heavy atom. The fourth-order valence-corrected chi connectivity index (χ4v) is 3.35. The highest BCUT2D eigenvalue weighted by atomic mass is 16.4.